The Bertz CT molecular complexity index is 629. The average Bonchev–Trinajstić information content (AvgIpc) is 2.51. The summed E-state index contributed by atoms with van der Waals surface area (Å²) in [6.07, 6.45) is 2.33. The molecule has 2 rings (SSSR count). The summed E-state index contributed by atoms with van der Waals surface area (Å²) in [5.74, 6) is -3.82. The van der Waals surface area contributed by atoms with Crippen LogP contribution in [0.3, 0.4) is 0 Å². The molecule has 0 aliphatic heterocycles. The Balaban J connectivity index is 2.56. The van der Waals surface area contributed by atoms with Crippen molar-refractivity contribution < 1.29 is 13.2 Å². The first-order valence-electron chi connectivity index (χ1n) is 6.90. The molecule has 1 aromatic heterocycles. The summed E-state index contributed by atoms with van der Waals surface area (Å²) in [7, 11) is 0. The van der Waals surface area contributed by atoms with E-state index in [4.69, 9.17) is 0 Å². The van der Waals surface area contributed by atoms with Crippen LogP contribution in [0.1, 0.15) is 36.7 Å². The van der Waals surface area contributed by atoms with Gasteiger partial charge in [-0.25, -0.2) is 13.2 Å². The van der Waals surface area contributed by atoms with E-state index in [2.05, 4.69) is 10.3 Å². The Morgan fingerprint density at radius 3 is 2.52 bits per heavy atom. The van der Waals surface area contributed by atoms with E-state index in [0.29, 0.717) is 12.2 Å². The highest BCUT2D eigenvalue weighted by Gasteiger charge is 2.24. The quantitative estimate of drug-likeness (QED) is 0.849. The molecule has 0 radical (unpaired) electrons. The third-order valence-corrected chi connectivity index (χ3v) is 3.36. The van der Waals surface area contributed by atoms with Gasteiger partial charge in [-0.1, -0.05) is 26.0 Å². The van der Waals surface area contributed by atoms with Crippen LogP contribution in [-0.2, 0) is 6.42 Å². The largest absolute Gasteiger partial charge is 0.305 e. The van der Waals surface area contributed by atoms with Crippen LogP contribution in [0.15, 0.2) is 30.5 Å². The molecule has 2 aromatic rings. The molecule has 0 fully saturated rings. The smallest absolute Gasteiger partial charge is 0.194 e. The Kier molecular flexibility index (Phi) is 4.96. The van der Waals surface area contributed by atoms with Crippen LogP contribution >= 0.6 is 0 Å². The van der Waals surface area contributed by atoms with E-state index in [0.717, 1.165) is 18.1 Å². The van der Waals surface area contributed by atoms with Crippen LogP contribution in [0.2, 0.25) is 0 Å². The first-order valence-corrected chi connectivity index (χ1v) is 6.90. The number of nitrogens with one attached hydrogen (secondary N) is 1. The molecule has 5 heteroatoms. The molecular formula is C16H17F3N2. The third kappa shape index (κ3) is 3.08. The summed E-state index contributed by atoms with van der Waals surface area (Å²) >= 11 is 0. The van der Waals surface area contributed by atoms with E-state index >= 15 is 0 Å². The molecule has 0 bridgehead atoms. The Labute approximate surface area is 122 Å². The lowest BCUT2D eigenvalue weighted by Crippen LogP contribution is -2.25. The van der Waals surface area contributed by atoms with Crippen molar-refractivity contribution in [3.63, 3.8) is 0 Å². The van der Waals surface area contributed by atoms with Crippen molar-refractivity contribution >= 4 is 0 Å². The highest BCUT2D eigenvalue weighted by molar-refractivity contribution is 5.34. The SMILES string of the molecule is CCNC(c1ccc(F)c(F)c1F)c1ncccc1CC. The van der Waals surface area contributed by atoms with Crippen LogP contribution in [0.25, 0.3) is 0 Å². The van der Waals surface area contributed by atoms with Crippen molar-refractivity contribution in [3.8, 4) is 0 Å². The second-order valence-electron chi connectivity index (χ2n) is 4.66. The first-order chi connectivity index (χ1) is 10.1. The molecule has 1 aromatic carbocycles. The second-order valence-corrected chi connectivity index (χ2v) is 4.66. The number of aromatic nitrogens is 1. The number of pyridine rings is 1. The molecule has 1 unspecified atom stereocenters. The van der Waals surface area contributed by atoms with Gasteiger partial charge in [-0.3, -0.25) is 4.98 Å². The van der Waals surface area contributed by atoms with Gasteiger partial charge in [0, 0.05) is 11.8 Å². The molecular weight excluding hydrogens is 277 g/mol. The van der Waals surface area contributed by atoms with Gasteiger partial charge in [0.1, 0.15) is 0 Å². The molecule has 1 atom stereocenters. The minimum Gasteiger partial charge on any atom is -0.305 e. The van der Waals surface area contributed by atoms with Crippen molar-refractivity contribution in [2.75, 3.05) is 6.54 Å². The fraction of sp³-hybridized carbons (Fsp3) is 0.312. The Morgan fingerprint density at radius 1 is 1.10 bits per heavy atom. The molecule has 0 aliphatic rings. The van der Waals surface area contributed by atoms with Crippen molar-refractivity contribution in [2.24, 2.45) is 0 Å². The average molecular weight is 294 g/mol. The van der Waals surface area contributed by atoms with Crippen molar-refractivity contribution in [1.82, 2.24) is 10.3 Å². The normalized spacial score (nSPS) is 12.4. The molecule has 0 amide bonds. The van der Waals surface area contributed by atoms with E-state index in [1.165, 1.54) is 6.07 Å². The zero-order chi connectivity index (χ0) is 15.4. The van der Waals surface area contributed by atoms with Gasteiger partial charge in [-0.2, -0.15) is 0 Å². The van der Waals surface area contributed by atoms with Gasteiger partial charge in [-0.05, 0) is 30.7 Å². The summed E-state index contributed by atoms with van der Waals surface area (Å²) in [5.41, 5.74) is 1.63. The molecule has 112 valence electrons. The molecule has 0 aliphatic carbocycles. The summed E-state index contributed by atoms with van der Waals surface area (Å²) in [6.45, 7) is 4.37. The van der Waals surface area contributed by atoms with E-state index < -0.39 is 23.5 Å². The Hall–Kier alpha value is -1.88. The third-order valence-electron chi connectivity index (χ3n) is 3.36. The minimum absolute atomic E-state index is 0.0594. The van der Waals surface area contributed by atoms with Gasteiger partial charge >= 0.3 is 0 Å². The molecule has 0 spiro atoms. The number of aryl methyl sites for hydroxylation is 1. The van der Waals surface area contributed by atoms with Crippen LogP contribution in [0.5, 0.6) is 0 Å². The monoisotopic (exact) mass is 294 g/mol. The summed E-state index contributed by atoms with van der Waals surface area (Å²) in [4.78, 5) is 4.29. The van der Waals surface area contributed by atoms with Crippen LogP contribution in [0, 0.1) is 17.5 Å². The maximum absolute atomic E-state index is 14.1. The van der Waals surface area contributed by atoms with Gasteiger partial charge < -0.3 is 5.32 Å². The molecule has 2 nitrogen and oxygen atoms in total. The van der Waals surface area contributed by atoms with E-state index in [1.807, 2.05) is 19.9 Å². The van der Waals surface area contributed by atoms with Crippen molar-refractivity contribution in [2.45, 2.75) is 26.3 Å². The highest BCUT2D eigenvalue weighted by atomic mass is 19.2. The van der Waals surface area contributed by atoms with Crippen molar-refractivity contribution in [3.05, 3.63) is 64.7 Å². The first kappa shape index (κ1) is 15.5. The van der Waals surface area contributed by atoms with Crippen LogP contribution in [-0.4, -0.2) is 11.5 Å². The Morgan fingerprint density at radius 2 is 1.86 bits per heavy atom. The highest BCUT2D eigenvalue weighted by Crippen LogP contribution is 2.27. The maximum Gasteiger partial charge on any atom is 0.194 e. The maximum atomic E-state index is 14.1. The zero-order valence-electron chi connectivity index (χ0n) is 12.0. The summed E-state index contributed by atoms with van der Waals surface area (Å²) < 4.78 is 40.7. The van der Waals surface area contributed by atoms with E-state index in [1.54, 1.807) is 12.3 Å². The minimum atomic E-state index is -1.45. The number of nitrogens with zero attached hydrogens (tertiary/aromatic N) is 1. The van der Waals surface area contributed by atoms with Gasteiger partial charge in [0.05, 0.1) is 11.7 Å². The van der Waals surface area contributed by atoms with E-state index in [9.17, 15) is 13.2 Å². The molecule has 1 N–H and O–H groups in total. The fourth-order valence-electron chi connectivity index (χ4n) is 2.33. The molecule has 0 saturated heterocycles. The number of hydrogen-bond acceptors (Lipinski definition) is 2. The second kappa shape index (κ2) is 6.72. The number of rotatable bonds is 5. The zero-order valence-corrected chi connectivity index (χ0v) is 12.0. The van der Waals surface area contributed by atoms with Gasteiger partial charge in [0.2, 0.25) is 0 Å². The van der Waals surface area contributed by atoms with Crippen LogP contribution in [0.4, 0.5) is 13.2 Å². The predicted octanol–water partition coefficient (Wildman–Crippen LogP) is 3.76. The number of halogens is 3. The van der Waals surface area contributed by atoms with Crippen LogP contribution < -0.4 is 5.32 Å². The summed E-state index contributed by atoms with van der Waals surface area (Å²) in [6, 6.07) is 5.28. The molecule has 0 saturated carbocycles. The van der Waals surface area contributed by atoms with E-state index in [-0.39, 0.29) is 5.56 Å². The van der Waals surface area contributed by atoms with Gasteiger partial charge in [0.25, 0.3) is 0 Å². The van der Waals surface area contributed by atoms with Gasteiger partial charge in [-0.15, -0.1) is 0 Å². The lowest BCUT2D eigenvalue weighted by atomic mass is 9.97. The standard InChI is InChI=1S/C16H17F3N2/c1-3-10-6-5-9-21-15(10)16(20-4-2)11-7-8-12(17)14(19)13(11)18/h5-9,16,20H,3-4H2,1-2H3. The lowest BCUT2D eigenvalue weighted by Gasteiger charge is -2.21. The summed E-state index contributed by atoms with van der Waals surface area (Å²) in [5, 5.41) is 3.09. The van der Waals surface area contributed by atoms with Crippen molar-refractivity contribution in [1.29, 1.82) is 0 Å². The fourth-order valence-corrected chi connectivity index (χ4v) is 2.33. The van der Waals surface area contributed by atoms with Gasteiger partial charge in [0.15, 0.2) is 17.5 Å². The molecule has 1 heterocycles. The molecule has 21 heavy (non-hydrogen) atoms. The predicted molar refractivity (Wildman–Crippen MR) is 75.5 cm³/mol. The lowest BCUT2D eigenvalue weighted by molar-refractivity contribution is 0.432. The topological polar surface area (TPSA) is 24.9 Å². The number of hydrogen-bond donors (Lipinski definition) is 1. The number of benzene rings is 1.